The highest BCUT2D eigenvalue weighted by atomic mass is 16.6. The number of carbonyl (C=O) groups is 2. The Labute approximate surface area is 135 Å². The summed E-state index contributed by atoms with van der Waals surface area (Å²) in [7, 11) is 0. The number of hydrogen-bond acceptors (Lipinski definition) is 5. The summed E-state index contributed by atoms with van der Waals surface area (Å²) in [6, 6.07) is 8.91. The fourth-order valence-electron chi connectivity index (χ4n) is 1.68. The first kappa shape index (κ1) is 18.2. The topological polar surface area (TPSA) is 108 Å². The smallest absolute Gasteiger partial charge is 0.413 e. The van der Waals surface area contributed by atoms with Gasteiger partial charge in [0.05, 0.1) is 6.61 Å². The van der Waals surface area contributed by atoms with Gasteiger partial charge in [-0.3, -0.25) is 9.69 Å². The summed E-state index contributed by atoms with van der Waals surface area (Å²) in [6.45, 7) is 4.09. The van der Waals surface area contributed by atoms with Crippen molar-refractivity contribution in [3.63, 3.8) is 0 Å². The summed E-state index contributed by atoms with van der Waals surface area (Å²) in [5.41, 5.74) is 6.83. The highest BCUT2D eigenvalue weighted by molar-refractivity contribution is 6.06. The number of nitrogens with two attached hydrogens (primary N) is 1. The highest BCUT2D eigenvalue weighted by Crippen LogP contribution is 2.10. The van der Waals surface area contributed by atoms with Crippen molar-refractivity contribution in [1.29, 1.82) is 5.26 Å². The number of nitrogens with one attached hydrogen (secondary N) is 1. The van der Waals surface area contributed by atoms with Crippen LogP contribution >= 0.6 is 0 Å². The summed E-state index contributed by atoms with van der Waals surface area (Å²) in [6.07, 6.45) is 0.489. The second-order valence-corrected chi connectivity index (χ2v) is 4.66. The van der Waals surface area contributed by atoms with E-state index in [4.69, 9.17) is 15.7 Å². The normalized spacial score (nSPS) is 10.6. The maximum Gasteiger partial charge on any atom is 0.413 e. The molecule has 1 aromatic rings. The van der Waals surface area contributed by atoms with Gasteiger partial charge in [-0.15, -0.1) is 0 Å². The summed E-state index contributed by atoms with van der Waals surface area (Å²) in [5.74, 6) is -0.609. The number of carbonyl (C=O) groups excluding carboxylic acids is 2. The molecule has 0 saturated carbocycles. The van der Waals surface area contributed by atoms with Crippen LogP contribution in [0.4, 0.5) is 10.5 Å². The van der Waals surface area contributed by atoms with Gasteiger partial charge in [-0.1, -0.05) is 17.7 Å². The number of amides is 2. The van der Waals surface area contributed by atoms with E-state index in [-0.39, 0.29) is 25.3 Å². The second kappa shape index (κ2) is 9.23. The first-order valence-electron chi connectivity index (χ1n) is 7.15. The number of nitrogens with zero attached hydrogens (tertiary/aromatic N) is 2. The van der Waals surface area contributed by atoms with Crippen molar-refractivity contribution in [2.45, 2.75) is 13.8 Å². The summed E-state index contributed by atoms with van der Waals surface area (Å²) in [4.78, 5) is 25.0. The number of anilines is 1. The lowest BCUT2D eigenvalue weighted by molar-refractivity contribution is -0.112. The van der Waals surface area contributed by atoms with E-state index in [2.05, 4.69) is 5.32 Å². The summed E-state index contributed by atoms with van der Waals surface area (Å²) < 4.78 is 4.86. The van der Waals surface area contributed by atoms with Crippen LogP contribution in [-0.2, 0) is 9.53 Å². The summed E-state index contributed by atoms with van der Waals surface area (Å²) in [5, 5.41) is 11.8. The number of hydrogen-bond donors (Lipinski definition) is 2. The first-order valence-corrected chi connectivity index (χ1v) is 7.15. The molecular weight excluding hydrogens is 296 g/mol. The Balaban J connectivity index is 2.90. The number of nitriles is 1. The number of aryl methyl sites for hydroxylation is 1. The number of rotatable bonds is 6. The van der Waals surface area contributed by atoms with Crippen LogP contribution in [0.2, 0.25) is 0 Å². The average molecular weight is 316 g/mol. The molecule has 0 heterocycles. The minimum atomic E-state index is -0.658. The zero-order chi connectivity index (χ0) is 17.2. The van der Waals surface area contributed by atoms with Crippen LogP contribution in [0.25, 0.3) is 0 Å². The Morgan fingerprint density at radius 3 is 2.57 bits per heavy atom. The van der Waals surface area contributed by atoms with Crippen LogP contribution in [0.3, 0.4) is 0 Å². The predicted octanol–water partition coefficient (Wildman–Crippen LogP) is 1.76. The standard InChI is InChI=1S/C16H20N4O3/c1-3-23-16(22)20(9-8-17)11-13(10-18)15(21)19-14-6-4-12(2)5-7-14/h4-7,11H,3,8-9,17H2,1-2H3,(H,19,21)/b13-11-. The lowest BCUT2D eigenvalue weighted by atomic mass is 10.2. The molecule has 0 radical (unpaired) electrons. The Kier molecular flexibility index (Phi) is 7.30. The van der Waals surface area contributed by atoms with Crippen LogP contribution < -0.4 is 11.1 Å². The minimum Gasteiger partial charge on any atom is -0.449 e. The van der Waals surface area contributed by atoms with Crippen molar-refractivity contribution in [3.05, 3.63) is 41.6 Å². The van der Waals surface area contributed by atoms with Gasteiger partial charge in [-0.05, 0) is 26.0 Å². The molecule has 0 bridgehead atoms. The van der Waals surface area contributed by atoms with Crippen LogP contribution in [0, 0.1) is 18.3 Å². The fourth-order valence-corrected chi connectivity index (χ4v) is 1.68. The van der Waals surface area contributed by atoms with Crippen molar-refractivity contribution >= 4 is 17.7 Å². The molecule has 3 N–H and O–H groups in total. The molecule has 0 saturated heterocycles. The SMILES string of the molecule is CCOC(=O)N(/C=C(/C#N)C(=O)Nc1ccc(C)cc1)CCN. The Bertz CT molecular complexity index is 617. The Hall–Kier alpha value is -2.85. The van der Waals surface area contributed by atoms with Gasteiger partial charge in [-0.25, -0.2) is 4.79 Å². The lowest BCUT2D eigenvalue weighted by Crippen LogP contribution is -2.32. The third kappa shape index (κ3) is 5.80. The van der Waals surface area contributed by atoms with Crippen LogP contribution in [0.5, 0.6) is 0 Å². The van der Waals surface area contributed by atoms with Crippen molar-refractivity contribution < 1.29 is 14.3 Å². The molecule has 0 fully saturated rings. The minimum absolute atomic E-state index is 0.141. The molecular formula is C16H20N4O3. The number of ether oxygens (including phenoxy) is 1. The zero-order valence-corrected chi connectivity index (χ0v) is 13.2. The van der Waals surface area contributed by atoms with Crippen molar-refractivity contribution in [2.75, 3.05) is 25.0 Å². The van der Waals surface area contributed by atoms with Crippen molar-refractivity contribution in [1.82, 2.24) is 4.90 Å². The molecule has 1 rings (SSSR count). The fraction of sp³-hybridized carbons (Fsp3) is 0.312. The largest absolute Gasteiger partial charge is 0.449 e. The molecule has 7 heteroatoms. The zero-order valence-electron chi connectivity index (χ0n) is 13.2. The summed E-state index contributed by atoms with van der Waals surface area (Å²) >= 11 is 0. The quantitative estimate of drug-likeness (QED) is 0.614. The molecule has 0 atom stereocenters. The molecule has 23 heavy (non-hydrogen) atoms. The third-order valence-corrected chi connectivity index (χ3v) is 2.83. The van der Waals surface area contributed by atoms with Gasteiger partial charge in [0.2, 0.25) is 0 Å². The molecule has 0 aliphatic heterocycles. The van der Waals surface area contributed by atoms with Gasteiger partial charge in [0.15, 0.2) is 0 Å². The number of benzene rings is 1. The van der Waals surface area contributed by atoms with Crippen molar-refractivity contribution in [2.24, 2.45) is 5.73 Å². The van der Waals surface area contributed by atoms with Gasteiger partial charge in [0.25, 0.3) is 5.91 Å². The average Bonchev–Trinajstić information content (AvgIpc) is 2.53. The molecule has 1 aromatic carbocycles. The third-order valence-electron chi connectivity index (χ3n) is 2.83. The molecule has 0 aliphatic carbocycles. The van der Waals surface area contributed by atoms with E-state index in [1.807, 2.05) is 19.1 Å². The molecule has 0 spiro atoms. The Morgan fingerprint density at radius 1 is 1.39 bits per heavy atom. The van der Waals surface area contributed by atoms with Gasteiger partial charge >= 0.3 is 6.09 Å². The van der Waals surface area contributed by atoms with Crippen LogP contribution in [0.15, 0.2) is 36.0 Å². The van der Waals surface area contributed by atoms with Crippen molar-refractivity contribution in [3.8, 4) is 6.07 Å². The molecule has 2 amide bonds. The molecule has 0 aliphatic rings. The molecule has 0 aromatic heterocycles. The van der Waals surface area contributed by atoms with E-state index >= 15 is 0 Å². The first-order chi connectivity index (χ1) is 11.0. The van der Waals surface area contributed by atoms with Crippen LogP contribution in [-0.4, -0.2) is 36.6 Å². The van der Waals surface area contributed by atoms with Gasteiger partial charge < -0.3 is 15.8 Å². The maximum atomic E-state index is 12.1. The van der Waals surface area contributed by atoms with Gasteiger partial charge in [-0.2, -0.15) is 5.26 Å². The molecule has 122 valence electrons. The van der Waals surface area contributed by atoms with E-state index in [0.717, 1.165) is 16.7 Å². The monoisotopic (exact) mass is 316 g/mol. The van der Waals surface area contributed by atoms with E-state index < -0.39 is 12.0 Å². The maximum absolute atomic E-state index is 12.1. The molecule has 7 nitrogen and oxygen atoms in total. The van der Waals surface area contributed by atoms with Crippen LogP contribution in [0.1, 0.15) is 12.5 Å². The van der Waals surface area contributed by atoms with Gasteiger partial charge in [0, 0.05) is 25.0 Å². The second-order valence-electron chi connectivity index (χ2n) is 4.66. The molecule has 0 unspecified atom stereocenters. The van der Waals surface area contributed by atoms with E-state index in [1.54, 1.807) is 25.1 Å². The van der Waals surface area contributed by atoms with Gasteiger partial charge in [0.1, 0.15) is 11.6 Å². The Morgan fingerprint density at radius 2 is 2.04 bits per heavy atom. The highest BCUT2D eigenvalue weighted by Gasteiger charge is 2.16. The van der Waals surface area contributed by atoms with E-state index in [0.29, 0.717) is 5.69 Å². The van der Waals surface area contributed by atoms with E-state index in [1.165, 1.54) is 0 Å². The predicted molar refractivity (Wildman–Crippen MR) is 86.3 cm³/mol. The van der Waals surface area contributed by atoms with E-state index in [9.17, 15) is 9.59 Å². The lowest BCUT2D eigenvalue weighted by Gasteiger charge is -2.17.